The summed E-state index contributed by atoms with van der Waals surface area (Å²) in [7, 11) is 0. The summed E-state index contributed by atoms with van der Waals surface area (Å²) in [6.45, 7) is 0.906. The van der Waals surface area contributed by atoms with E-state index in [1.54, 1.807) is 11.1 Å². The predicted molar refractivity (Wildman–Crippen MR) is 83.5 cm³/mol. The Morgan fingerprint density at radius 1 is 1.32 bits per heavy atom. The van der Waals surface area contributed by atoms with Crippen molar-refractivity contribution in [1.82, 2.24) is 14.9 Å². The van der Waals surface area contributed by atoms with Crippen molar-refractivity contribution >= 4 is 11.6 Å². The topological polar surface area (TPSA) is 67.7 Å². The number of hydrogen-bond donors (Lipinski definition) is 0. The molecule has 128 valence electrons. The van der Waals surface area contributed by atoms with Crippen molar-refractivity contribution in [2.45, 2.75) is 25.5 Å². The maximum absolute atomic E-state index is 13.9. The Hall–Kier alpha value is -2.90. The molecule has 2 aromatic rings. The van der Waals surface area contributed by atoms with Crippen LogP contribution in [-0.2, 0) is 22.6 Å². The first-order valence-corrected chi connectivity index (χ1v) is 7.86. The fraction of sp³-hybridized carbons (Fsp3) is 0.294. The van der Waals surface area contributed by atoms with Crippen LogP contribution in [0.4, 0.5) is 8.78 Å². The molecule has 2 aliphatic rings. The minimum absolute atomic E-state index is 0.0204. The molecule has 0 saturated heterocycles. The third-order valence-electron chi connectivity index (χ3n) is 4.37. The van der Waals surface area contributed by atoms with Crippen molar-refractivity contribution in [2.24, 2.45) is 5.16 Å². The van der Waals surface area contributed by atoms with Gasteiger partial charge in [0.2, 0.25) is 6.10 Å². The van der Waals surface area contributed by atoms with Crippen LogP contribution >= 0.6 is 0 Å². The van der Waals surface area contributed by atoms with Gasteiger partial charge in [0.15, 0.2) is 0 Å². The largest absolute Gasteiger partial charge is 0.382 e. The van der Waals surface area contributed by atoms with Crippen LogP contribution in [0.1, 0.15) is 23.2 Å². The Kier molecular flexibility index (Phi) is 3.87. The predicted octanol–water partition coefficient (Wildman–Crippen LogP) is 1.83. The van der Waals surface area contributed by atoms with Gasteiger partial charge in [-0.1, -0.05) is 5.16 Å². The highest BCUT2D eigenvalue weighted by Gasteiger charge is 2.34. The lowest BCUT2D eigenvalue weighted by molar-refractivity contribution is -0.143. The zero-order valence-electron chi connectivity index (χ0n) is 13.2. The summed E-state index contributed by atoms with van der Waals surface area (Å²) in [5.74, 6) is -1.40. The van der Waals surface area contributed by atoms with Crippen LogP contribution in [0, 0.1) is 11.6 Å². The average molecular weight is 344 g/mol. The number of nitrogens with zero attached hydrogens (tertiary/aromatic N) is 4. The lowest BCUT2D eigenvalue weighted by atomic mass is 10.0. The van der Waals surface area contributed by atoms with Crippen molar-refractivity contribution in [3.8, 4) is 0 Å². The van der Waals surface area contributed by atoms with E-state index in [-0.39, 0.29) is 23.6 Å². The first-order chi connectivity index (χ1) is 12.1. The van der Waals surface area contributed by atoms with Crippen molar-refractivity contribution in [2.75, 3.05) is 6.54 Å². The fourth-order valence-corrected chi connectivity index (χ4v) is 3.03. The van der Waals surface area contributed by atoms with Gasteiger partial charge in [-0.15, -0.1) is 0 Å². The van der Waals surface area contributed by atoms with Gasteiger partial charge in [0, 0.05) is 24.7 Å². The molecule has 0 spiro atoms. The number of benzene rings is 1. The van der Waals surface area contributed by atoms with Crippen molar-refractivity contribution in [3.05, 3.63) is 59.2 Å². The van der Waals surface area contributed by atoms with Crippen LogP contribution < -0.4 is 0 Å². The Labute approximate surface area is 142 Å². The smallest absolute Gasteiger partial charge is 0.267 e. The van der Waals surface area contributed by atoms with E-state index in [1.807, 2.05) is 0 Å². The van der Waals surface area contributed by atoms with Crippen molar-refractivity contribution in [3.63, 3.8) is 0 Å². The molecule has 0 aliphatic carbocycles. The normalized spacial score (nSPS) is 19.2. The lowest BCUT2D eigenvalue weighted by Gasteiger charge is -2.29. The van der Waals surface area contributed by atoms with Gasteiger partial charge < -0.3 is 9.74 Å². The monoisotopic (exact) mass is 344 g/mol. The molecule has 3 heterocycles. The van der Waals surface area contributed by atoms with Gasteiger partial charge >= 0.3 is 0 Å². The molecule has 4 rings (SSSR count). The van der Waals surface area contributed by atoms with Gasteiger partial charge in [0.1, 0.15) is 18.0 Å². The maximum Gasteiger partial charge on any atom is 0.267 e. The molecular formula is C17H14F2N4O2. The van der Waals surface area contributed by atoms with E-state index >= 15 is 0 Å². The van der Waals surface area contributed by atoms with Gasteiger partial charge in [-0.2, -0.15) is 0 Å². The SMILES string of the molecule is O=C(C1CC(c2cc(F)ccc2F)=NO1)N1CCc2cncnc2C1. The summed E-state index contributed by atoms with van der Waals surface area (Å²) >= 11 is 0. The summed E-state index contributed by atoms with van der Waals surface area (Å²) in [4.78, 5) is 27.7. The van der Waals surface area contributed by atoms with E-state index in [4.69, 9.17) is 4.84 Å². The minimum atomic E-state index is -0.832. The Balaban J connectivity index is 1.46. The van der Waals surface area contributed by atoms with Crippen molar-refractivity contribution < 1.29 is 18.4 Å². The first kappa shape index (κ1) is 15.6. The minimum Gasteiger partial charge on any atom is -0.382 e. The van der Waals surface area contributed by atoms with E-state index < -0.39 is 17.7 Å². The number of halogens is 2. The fourth-order valence-electron chi connectivity index (χ4n) is 3.03. The highest BCUT2D eigenvalue weighted by Crippen LogP contribution is 2.23. The molecule has 1 amide bonds. The zero-order chi connectivity index (χ0) is 17.4. The van der Waals surface area contributed by atoms with E-state index in [0.717, 1.165) is 29.5 Å². The molecule has 8 heteroatoms. The van der Waals surface area contributed by atoms with Crippen LogP contribution in [0.2, 0.25) is 0 Å². The molecule has 1 unspecified atom stereocenters. The number of hydrogen-bond acceptors (Lipinski definition) is 5. The summed E-state index contributed by atoms with van der Waals surface area (Å²) in [5, 5.41) is 3.79. The number of rotatable bonds is 2. The van der Waals surface area contributed by atoms with Crippen LogP contribution in [0.5, 0.6) is 0 Å². The molecule has 0 N–H and O–H groups in total. The van der Waals surface area contributed by atoms with Gasteiger partial charge in [-0.05, 0) is 30.2 Å². The summed E-state index contributed by atoms with van der Waals surface area (Å²) in [6.07, 6.45) is 3.14. The number of amides is 1. The molecule has 6 nitrogen and oxygen atoms in total. The van der Waals surface area contributed by atoms with E-state index in [2.05, 4.69) is 15.1 Å². The molecule has 1 aromatic heterocycles. The molecule has 1 aromatic carbocycles. The summed E-state index contributed by atoms with van der Waals surface area (Å²) < 4.78 is 27.2. The van der Waals surface area contributed by atoms with Gasteiger partial charge in [0.25, 0.3) is 5.91 Å². The first-order valence-electron chi connectivity index (χ1n) is 7.86. The Morgan fingerprint density at radius 3 is 3.08 bits per heavy atom. The molecule has 0 fully saturated rings. The van der Waals surface area contributed by atoms with Gasteiger partial charge in [-0.3, -0.25) is 4.79 Å². The molecule has 0 saturated carbocycles. The van der Waals surface area contributed by atoms with Crippen LogP contribution in [0.3, 0.4) is 0 Å². The standard InChI is InChI=1S/C17H14F2N4O2/c18-11-1-2-13(19)12(5-11)14-6-16(25-22-14)17(24)23-4-3-10-7-20-9-21-15(10)8-23/h1-2,5,7,9,16H,3-4,6,8H2. The van der Waals surface area contributed by atoms with Crippen molar-refractivity contribution in [1.29, 1.82) is 0 Å². The van der Waals surface area contributed by atoms with Gasteiger partial charge in [-0.25, -0.2) is 18.7 Å². The summed E-state index contributed by atoms with van der Waals surface area (Å²) in [6, 6.07) is 3.12. The Bertz CT molecular complexity index is 871. The molecule has 0 bridgehead atoms. The Morgan fingerprint density at radius 2 is 2.20 bits per heavy atom. The quantitative estimate of drug-likeness (QED) is 0.834. The number of fused-ring (bicyclic) bond motifs is 1. The molecule has 1 atom stereocenters. The second-order valence-electron chi connectivity index (χ2n) is 5.96. The zero-order valence-corrected chi connectivity index (χ0v) is 13.2. The summed E-state index contributed by atoms with van der Waals surface area (Å²) in [5.41, 5.74) is 2.09. The van der Waals surface area contributed by atoms with Crippen LogP contribution in [-0.4, -0.2) is 39.1 Å². The highest BCUT2D eigenvalue weighted by molar-refractivity contribution is 6.04. The lowest BCUT2D eigenvalue weighted by Crippen LogP contribution is -2.42. The number of aromatic nitrogens is 2. The average Bonchev–Trinajstić information content (AvgIpc) is 3.12. The highest BCUT2D eigenvalue weighted by atomic mass is 19.1. The number of oxime groups is 1. The van der Waals surface area contributed by atoms with E-state index in [1.165, 1.54) is 6.33 Å². The third-order valence-corrected chi connectivity index (χ3v) is 4.37. The number of carbonyl (C=O) groups is 1. The maximum atomic E-state index is 13.9. The second kappa shape index (κ2) is 6.19. The van der Waals surface area contributed by atoms with E-state index in [9.17, 15) is 13.6 Å². The van der Waals surface area contributed by atoms with Gasteiger partial charge in [0.05, 0.1) is 18.0 Å². The van der Waals surface area contributed by atoms with E-state index in [0.29, 0.717) is 19.5 Å². The third kappa shape index (κ3) is 2.95. The van der Waals surface area contributed by atoms with Crippen LogP contribution in [0.25, 0.3) is 0 Å². The molecule has 2 aliphatic heterocycles. The molecule has 0 radical (unpaired) electrons. The molecule has 25 heavy (non-hydrogen) atoms. The number of carbonyl (C=O) groups excluding carboxylic acids is 1. The second-order valence-corrected chi connectivity index (χ2v) is 5.96. The molecular weight excluding hydrogens is 330 g/mol. The van der Waals surface area contributed by atoms with Crippen LogP contribution in [0.15, 0.2) is 35.9 Å².